The van der Waals surface area contributed by atoms with E-state index in [0.717, 1.165) is 11.1 Å². The molecule has 5 N–H and O–H groups in total. The molecule has 2 unspecified atom stereocenters. The Morgan fingerprint density at radius 1 is 1.09 bits per heavy atom. The molecule has 34 heavy (non-hydrogen) atoms. The van der Waals surface area contributed by atoms with Crippen LogP contribution in [0, 0.1) is 0 Å². The van der Waals surface area contributed by atoms with Gasteiger partial charge in [-0.15, -0.1) is 0 Å². The summed E-state index contributed by atoms with van der Waals surface area (Å²) in [6.07, 6.45) is -0.823. The Hall–Kier alpha value is -3.56. The number of amides is 1. The number of nitrogens with zero attached hydrogens (tertiary/aromatic N) is 1. The van der Waals surface area contributed by atoms with Gasteiger partial charge in [0.15, 0.2) is 6.10 Å². The van der Waals surface area contributed by atoms with Crippen molar-refractivity contribution in [2.24, 2.45) is 5.73 Å². The highest BCUT2D eigenvalue weighted by molar-refractivity contribution is 7.80. The number of anilines is 1. The van der Waals surface area contributed by atoms with E-state index >= 15 is 0 Å². The lowest BCUT2D eigenvalue weighted by Crippen LogP contribution is -2.36. The Balaban J connectivity index is 1.71. The van der Waals surface area contributed by atoms with Crippen LogP contribution in [0.2, 0.25) is 0 Å². The number of nitrogens with one attached hydrogen (secondary N) is 2. The third-order valence-electron chi connectivity index (χ3n) is 5.04. The van der Waals surface area contributed by atoms with Gasteiger partial charge in [-0.3, -0.25) is 4.79 Å². The monoisotopic (exact) mass is 480 g/mol. The van der Waals surface area contributed by atoms with Crippen LogP contribution in [0.3, 0.4) is 0 Å². The van der Waals surface area contributed by atoms with Crippen molar-refractivity contribution < 1.29 is 19.4 Å². The van der Waals surface area contributed by atoms with E-state index in [9.17, 15) is 9.59 Å². The van der Waals surface area contributed by atoms with Crippen LogP contribution in [-0.2, 0) is 11.3 Å². The number of aromatic carboxylic acids is 1. The van der Waals surface area contributed by atoms with Gasteiger partial charge < -0.3 is 26.2 Å². The number of carboxylic acids is 1. The second-order valence-corrected chi connectivity index (χ2v) is 8.08. The van der Waals surface area contributed by atoms with Crippen LogP contribution >= 0.6 is 12.6 Å². The maximum Gasteiger partial charge on any atom is 0.335 e. The van der Waals surface area contributed by atoms with E-state index in [0.29, 0.717) is 29.6 Å². The lowest BCUT2D eigenvalue weighted by Gasteiger charge is -2.19. The molecule has 1 amide bonds. The van der Waals surface area contributed by atoms with Crippen LogP contribution in [0.5, 0.6) is 5.88 Å². The number of carbonyl (C=O) groups is 2. The SMILES string of the molecule is CC(Oc1nc(-c2ccccc2)ccc1NCC(N)CS)C(=O)NCc1ccc(C(=O)O)cc1. The number of rotatable bonds is 11. The Kier molecular flexibility index (Phi) is 8.89. The topological polar surface area (TPSA) is 127 Å². The molecule has 1 aromatic heterocycles. The second kappa shape index (κ2) is 12.1. The van der Waals surface area contributed by atoms with Crippen LogP contribution in [0.15, 0.2) is 66.7 Å². The molecule has 0 saturated carbocycles. The predicted octanol–water partition coefficient (Wildman–Crippen LogP) is 3.20. The van der Waals surface area contributed by atoms with Crippen molar-refractivity contribution in [2.75, 3.05) is 17.6 Å². The average molecular weight is 481 g/mol. The van der Waals surface area contributed by atoms with Gasteiger partial charge in [-0.1, -0.05) is 42.5 Å². The van der Waals surface area contributed by atoms with E-state index in [2.05, 4.69) is 28.2 Å². The summed E-state index contributed by atoms with van der Waals surface area (Å²) in [7, 11) is 0. The summed E-state index contributed by atoms with van der Waals surface area (Å²) >= 11 is 4.21. The summed E-state index contributed by atoms with van der Waals surface area (Å²) < 4.78 is 5.95. The summed E-state index contributed by atoms with van der Waals surface area (Å²) in [4.78, 5) is 28.3. The first kappa shape index (κ1) is 25.1. The minimum Gasteiger partial charge on any atom is -0.478 e. The standard InChI is InChI=1S/C25H28N4O4S/c1-16(23(30)28-13-17-7-9-19(10-8-17)25(31)32)33-24-22(27-14-20(26)15-34)12-11-21(29-24)18-5-3-2-4-6-18/h2-12,16,20,27,34H,13-15,26H2,1H3,(H,28,30)(H,31,32). The second-order valence-electron chi connectivity index (χ2n) is 7.72. The summed E-state index contributed by atoms with van der Waals surface area (Å²) in [5, 5.41) is 15.0. The quantitative estimate of drug-likeness (QED) is 0.267. The normalized spacial score (nSPS) is 12.4. The van der Waals surface area contributed by atoms with E-state index in [1.54, 1.807) is 19.1 Å². The summed E-state index contributed by atoms with van der Waals surface area (Å²) in [5.41, 5.74) is 9.19. The van der Waals surface area contributed by atoms with E-state index in [1.165, 1.54) is 12.1 Å². The molecule has 0 radical (unpaired) electrons. The van der Waals surface area contributed by atoms with Crippen LogP contribution in [-0.4, -0.2) is 46.4 Å². The van der Waals surface area contributed by atoms with Gasteiger partial charge in [0, 0.05) is 30.4 Å². The van der Waals surface area contributed by atoms with Crippen molar-refractivity contribution in [2.45, 2.75) is 25.6 Å². The van der Waals surface area contributed by atoms with Gasteiger partial charge in [-0.25, -0.2) is 9.78 Å². The fourth-order valence-electron chi connectivity index (χ4n) is 3.06. The highest BCUT2D eigenvalue weighted by Gasteiger charge is 2.18. The zero-order valence-corrected chi connectivity index (χ0v) is 19.7. The molecule has 3 aromatic rings. The Bertz CT molecular complexity index is 1110. The lowest BCUT2D eigenvalue weighted by atomic mass is 10.1. The number of ether oxygens (including phenoxy) is 1. The summed E-state index contributed by atoms with van der Waals surface area (Å²) in [5.74, 6) is -0.513. The van der Waals surface area contributed by atoms with Gasteiger partial charge in [-0.2, -0.15) is 12.6 Å². The van der Waals surface area contributed by atoms with Gasteiger partial charge in [0.05, 0.1) is 16.9 Å². The maximum atomic E-state index is 12.7. The third kappa shape index (κ3) is 6.97. The number of nitrogens with two attached hydrogens (primary N) is 1. The van der Waals surface area contributed by atoms with Crippen molar-refractivity contribution >= 4 is 30.2 Å². The van der Waals surface area contributed by atoms with E-state index in [1.807, 2.05) is 42.5 Å². The number of hydrogen-bond donors (Lipinski definition) is 5. The van der Waals surface area contributed by atoms with Gasteiger partial charge in [0.2, 0.25) is 5.88 Å². The largest absolute Gasteiger partial charge is 0.478 e. The maximum absolute atomic E-state index is 12.7. The smallest absolute Gasteiger partial charge is 0.335 e. The highest BCUT2D eigenvalue weighted by Crippen LogP contribution is 2.28. The fourth-order valence-corrected chi connectivity index (χ4v) is 3.19. The first-order valence-electron chi connectivity index (χ1n) is 10.8. The molecule has 1 heterocycles. The number of aromatic nitrogens is 1. The number of thiol groups is 1. The number of pyridine rings is 1. The summed E-state index contributed by atoms with van der Waals surface area (Å²) in [6, 6.07) is 19.6. The van der Waals surface area contributed by atoms with Gasteiger partial charge in [0.1, 0.15) is 0 Å². The zero-order chi connectivity index (χ0) is 24.5. The van der Waals surface area contributed by atoms with E-state index in [4.69, 9.17) is 15.6 Å². The average Bonchev–Trinajstić information content (AvgIpc) is 2.86. The molecular formula is C25H28N4O4S. The molecule has 0 aliphatic rings. The van der Waals surface area contributed by atoms with Crippen LogP contribution in [0.25, 0.3) is 11.3 Å². The van der Waals surface area contributed by atoms with Crippen molar-refractivity contribution in [3.8, 4) is 17.1 Å². The molecule has 0 aliphatic heterocycles. The van der Waals surface area contributed by atoms with Crippen molar-refractivity contribution in [1.29, 1.82) is 0 Å². The highest BCUT2D eigenvalue weighted by atomic mass is 32.1. The van der Waals surface area contributed by atoms with Crippen molar-refractivity contribution in [3.63, 3.8) is 0 Å². The first-order valence-corrected chi connectivity index (χ1v) is 11.4. The number of hydrogen-bond acceptors (Lipinski definition) is 7. The lowest BCUT2D eigenvalue weighted by molar-refractivity contribution is -0.127. The number of benzene rings is 2. The molecule has 0 spiro atoms. The zero-order valence-electron chi connectivity index (χ0n) is 18.8. The minimum atomic E-state index is -0.998. The minimum absolute atomic E-state index is 0.154. The van der Waals surface area contributed by atoms with Crippen LogP contribution < -0.4 is 21.1 Å². The Morgan fingerprint density at radius 3 is 2.44 bits per heavy atom. The fraction of sp³-hybridized carbons (Fsp3) is 0.240. The van der Waals surface area contributed by atoms with Crippen molar-refractivity contribution in [3.05, 3.63) is 77.9 Å². The summed E-state index contributed by atoms with van der Waals surface area (Å²) in [6.45, 7) is 2.36. The van der Waals surface area contributed by atoms with Crippen LogP contribution in [0.1, 0.15) is 22.8 Å². The first-order chi connectivity index (χ1) is 16.4. The molecule has 2 aromatic carbocycles. The van der Waals surface area contributed by atoms with Gasteiger partial charge >= 0.3 is 5.97 Å². The van der Waals surface area contributed by atoms with E-state index < -0.39 is 12.1 Å². The van der Waals surface area contributed by atoms with Gasteiger partial charge in [0.25, 0.3) is 5.91 Å². The number of carbonyl (C=O) groups excluding carboxylic acids is 1. The molecule has 0 fully saturated rings. The molecule has 178 valence electrons. The Morgan fingerprint density at radius 2 is 1.79 bits per heavy atom. The molecular weight excluding hydrogens is 452 g/mol. The molecule has 9 heteroatoms. The predicted molar refractivity (Wildman–Crippen MR) is 135 cm³/mol. The molecule has 0 saturated heterocycles. The third-order valence-corrected chi connectivity index (χ3v) is 5.51. The molecule has 0 bridgehead atoms. The number of carboxylic acid groups (broad SMARTS) is 1. The molecule has 8 nitrogen and oxygen atoms in total. The van der Waals surface area contributed by atoms with E-state index in [-0.39, 0.29) is 24.1 Å². The van der Waals surface area contributed by atoms with Gasteiger partial charge in [-0.05, 0) is 36.8 Å². The molecule has 2 atom stereocenters. The Labute approximate surface area is 204 Å². The van der Waals surface area contributed by atoms with Crippen molar-refractivity contribution in [1.82, 2.24) is 10.3 Å². The van der Waals surface area contributed by atoms with Crippen LogP contribution in [0.4, 0.5) is 5.69 Å². The molecule has 3 rings (SSSR count). The molecule has 0 aliphatic carbocycles.